The molecule has 0 amide bonds. The van der Waals surface area contributed by atoms with Gasteiger partial charge < -0.3 is 10.3 Å². The first-order chi connectivity index (χ1) is 15.7. The molecule has 0 aliphatic rings. The molecule has 4 nitrogen and oxygen atoms in total. The highest BCUT2D eigenvalue weighted by Gasteiger charge is 2.15. The average molecular weight is 441 g/mol. The zero-order valence-electron chi connectivity index (χ0n) is 17.5. The standard InChI is InChI=1S/C26H21FN4S/c1-32-26-30-24(19-8-10-22(27)11-9-19)25(31-26)21-12-13-28-23(15-21)29-16-17-6-7-18-4-2-3-5-20(18)14-17/h2-15H,16H2,1H3,(H,28,29)(H,30,31). The number of thioether (sulfide) groups is 1. The van der Waals surface area contributed by atoms with Gasteiger partial charge in [-0.05, 0) is 65.1 Å². The predicted molar refractivity (Wildman–Crippen MR) is 130 cm³/mol. The van der Waals surface area contributed by atoms with Crippen LogP contribution in [0.2, 0.25) is 0 Å². The van der Waals surface area contributed by atoms with Crippen molar-refractivity contribution in [2.75, 3.05) is 11.6 Å². The maximum atomic E-state index is 13.4. The lowest BCUT2D eigenvalue weighted by molar-refractivity contribution is 0.628. The largest absolute Gasteiger partial charge is 0.366 e. The van der Waals surface area contributed by atoms with Crippen LogP contribution in [0.15, 0.2) is 90.2 Å². The van der Waals surface area contributed by atoms with E-state index in [0.717, 1.165) is 33.5 Å². The van der Waals surface area contributed by atoms with Crippen molar-refractivity contribution >= 4 is 28.4 Å². The zero-order chi connectivity index (χ0) is 21.9. The maximum absolute atomic E-state index is 13.4. The minimum atomic E-state index is -0.260. The number of imidazole rings is 1. The van der Waals surface area contributed by atoms with E-state index >= 15 is 0 Å². The molecule has 0 fully saturated rings. The predicted octanol–water partition coefficient (Wildman–Crippen LogP) is 6.77. The Morgan fingerprint density at radius 2 is 1.72 bits per heavy atom. The summed E-state index contributed by atoms with van der Waals surface area (Å²) in [6.45, 7) is 0.669. The molecule has 0 bridgehead atoms. The molecule has 6 heteroatoms. The highest BCUT2D eigenvalue weighted by Crippen LogP contribution is 2.33. The lowest BCUT2D eigenvalue weighted by Crippen LogP contribution is -2.01. The van der Waals surface area contributed by atoms with E-state index in [1.807, 2.05) is 24.5 Å². The molecule has 3 aromatic carbocycles. The van der Waals surface area contributed by atoms with E-state index in [4.69, 9.17) is 4.98 Å². The monoisotopic (exact) mass is 440 g/mol. The molecule has 0 unspecified atom stereocenters. The second-order valence-corrected chi connectivity index (χ2v) is 8.24. The van der Waals surface area contributed by atoms with Crippen LogP contribution in [0, 0.1) is 5.82 Å². The summed E-state index contributed by atoms with van der Waals surface area (Å²) in [6.07, 6.45) is 3.75. The topological polar surface area (TPSA) is 53.6 Å². The highest BCUT2D eigenvalue weighted by atomic mass is 32.2. The number of fused-ring (bicyclic) bond motifs is 1. The van der Waals surface area contributed by atoms with Crippen LogP contribution in [-0.4, -0.2) is 21.2 Å². The number of pyridine rings is 1. The first kappa shape index (κ1) is 20.3. The third-order valence-corrected chi connectivity index (χ3v) is 5.91. The van der Waals surface area contributed by atoms with E-state index < -0.39 is 0 Å². The second kappa shape index (κ2) is 8.85. The lowest BCUT2D eigenvalue weighted by Gasteiger charge is -2.09. The van der Waals surface area contributed by atoms with Crippen LogP contribution in [0.4, 0.5) is 10.2 Å². The van der Waals surface area contributed by atoms with Crippen LogP contribution in [-0.2, 0) is 6.54 Å². The van der Waals surface area contributed by atoms with Crippen molar-refractivity contribution < 1.29 is 4.39 Å². The molecule has 158 valence electrons. The Morgan fingerprint density at radius 3 is 2.53 bits per heavy atom. The number of halogens is 1. The van der Waals surface area contributed by atoms with Crippen molar-refractivity contribution in [3.63, 3.8) is 0 Å². The van der Waals surface area contributed by atoms with Gasteiger partial charge in [0.2, 0.25) is 0 Å². The van der Waals surface area contributed by atoms with Gasteiger partial charge >= 0.3 is 0 Å². The number of H-pyrrole nitrogens is 1. The second-order valence-electron chi connectivity index (χ2n) is 7.44. The van der Waals surface area contributed by atoms with E-state index in [1.54, 1.807) is 18.3 Å². The number of hydrogen-bond donors (Lipinski definition) is 2. The van der Waals surface area contributed by atoms with Crippen molar-refractivity contribution in [2.24, 2.45) is 0 Å². The molecule has 2 heterocycles. The minimum Gasteiger partial charge on any atom is -0.366 e. The summed E-state index contributed by atoms with van der Waals surface area (Å²) in [7, 11) is 0. The summed E-state index contributed by atoms with van der Waals surface area (Å²) >= 11 is 1.54. The molecule has 0 aliphatic heterocycles. The van der Waals surface area contributed by atoms with Gasteiger partial charge in [-0.1, -0.05) is 48.2 Å². The van der Waals surface area contributed by atoms with Crippen LogP contribution in [0.25, 0.3) is 33.3 Å². The molecule has 0 saturated heterocycles. The van der Waals surface area contributed by atoms with Gasteiger partial charge in [0.25, 0.3) is 0 Å². The Bertz CT molecular complexity index is 1380. The van der Waals surface area contributed by atoms with Crippen LogP contribution < -0.4 is 5.32 Å². The Morgan fingerprint density at radius 1 is 0.906 bits per heavy atom. The molecular weight excluding hydrogens is 419 g/mol. The lowest BCUT2D eigenvalue weighted by atomic mass is 10.1. The third-order valence-electron chi connectivity index (χ3n) is 5.33. The zero-order valence-corrected chi connectivity index (χ0v) is 18.3. The van der Waals surface area contributed by atoms with Gasteiger partial charge in [0.1, 0.15) is 11.6 Å². The Balaban J connectivity index is 1.42. The fourth-order valence-electron chi connectivity index (χ4n) is 3.70. The minimum absolute atomic E-state index is 0.260. The quantitative estimate of drug-likeness (QED) is 0.286. The Labute approximate surface area is 190 Å². The Hall–Kier alpha value is -3.64. The summed E-state index contributed by atoms with van der Waals surface area (Å²) < 4.78 is 13.4. The number of aromatic amines is 1. The SMILES string of the molecule is CSc1nc(-c2ccnc(NCc3ccc4ccccc4c3)c2)c(-c2ccc(F)cc2)[nH]1. The molecule has 0 radical (unpaired) electrons. The van der Waals surface area contributed by atoms with Gasteiger partial charge in [0.05, 0.1) is 11.4 Å². The number of rotatable bonds is 6. The third kappa shape index (κ3) is 4.22. The number of nitrogens with zero attached hydrogens (tertiary/aromatic N) is 2. The van der Waals surface area contributed by atoms with Crippen molar-refractivity contribution in [3.05, 3.63) is 96.4 Å². The van der Waals surface area contributed by atoms with Crippen LogP contribution >= 0.6 is 11.8 Å². The van der Waals surface area contributed by atoms with Gasteiger partial charge in [-0.3, -0.25) is 0 Å². The fourth-order valence-corrected chi connectivity index (χ4v) is 4.09. The summed E-state index contributed by atoms with van der Waals surface area (Å²) in [5.41, 5.74) is 4.69. The van der Waals surface area contributed by atoms with Crippen LogP contribution in [0.1, 0.15) is 5.56 Å². The van der Waals surface area contributed by atoms with Crippen molar-refractivity contribution in [2.45, 2.75) is 11.7 Å². The van der Waals surface area contributed by atoms with Gasteiger partial charge in [-0.15, -0.1) is 0 Å². The molecule has 2 aromatic heterocycles. The summed E-state index contributed by atoms with van der Waals surface area (Å²) in [5, 5.41) is 6.68. The first-order valence-corrected chi connectivity index (χ1v) is 11.5. The molecular formula is C26H21FN4S. The van der Waals surface area contributed by atoms with E-state index in [-0.39, 0.29) is 5.82 Å². The Kier molecular flexibility index (Phi) is 5.60. The number of benzene rings is 3. The van der Waals surface area contributed by atoms with Gasteiger partial charge in [0, 0.05) is 23.9 Å². The van der Waals surface area contributed by atoms with E-state index in [1.165, 1.54) is 40.2 Å². The van der Waals surface area contributed by atoms with E-state index in [2.05, 4.69) is 51.7 Å². The normalized spacial score (nSPS) is 11.1. The average Bonchev–Trinajstić information content (AvgIpc) is 3.28. The fraction of sp³-hybridized carbons (Fsp3) is 0.0769. The van der Waals surface area contributed by atoms with Crippen LogP contribution in [0.5, 0.6) is 0 Å². The van der Waals surface area contributed by atoms with Crippen molar-refractivity contribution in [3.8, 4) is 22.5 Å². The molecule has 0 aliphatic carbocycles. The molecule has 0 spiro atoms. The van der Waals surface area contributed by atoms with Crippen molar-refractivity contribution in [1.29, 1.82) is 0 Å². The van der Waals surface area contributed by atoms with Crippen molar-refractivity contribution in [1.82, 2.24) is 15.0 Å². The number of nitrogens with one attached hydrogen (secondary N) is 2. The number of anilines is 1. The number of hydrogen-bond acceptors (Lipinski definition) is 4. The van der Waals surface area contributed by atoms with Gasteiger partial charge in [0.15, 0.2) is 5.16 Å². The molecule has 5 rings (SSSR count). The first-order valence-electron chi connectivity index (χ1n) is 10.3. The van der Waals surface area contributed by atoms with Gasteiger partial charge in [-0.25, -0.2) is 14.4 Å². The smallest absolute Gasteiger partial charge is 0.166 e. The molecule has 0 atom stereocenters. The van der Waals surface area contributed by atoms with Crippen LogP contribution in [0.3, 0.4) is 0 Å². The summed E-state index contributed by atoms with van der Waals surface area (Å²) in [6, 6.07) is 25.2. The van der Waals surface area contributed by atoms with E-state index in [9.17, 15) is 4.39 Å². The molecule has 5 aromatic rings. The number of aromatic nitrogens is 3. The highest BCUT2D eigenvalue weighted by molar-refractivity contribution is 7.98. The maximum Gasteiger partial charge on any atom is 0.166 e. The van der Waals surface area contributed by atoms with E-state index in [0.29, 0.717) is 6.54 Å². The molecule has 32 heavy (non-hydrogen) atoms. The molecule has 0 saturated carbocycles. The summed E-state index contributed by atoms with van der Waals surface area (Å²) in [5.74, 6) is 0.512. The molecule has 2 N–H and O–H groups in total. The summed E-state index contributed by atoms with van der Waals surface area (Å²) in [4.78, 5) is 12.6. The van der Waals surface area contributed by atoms with Gasteiger partial charge in [-0.2, -0.15) is 0 Å².